The lowest BCUT2D eigenvalue weighted by atomic mass is 9.97. The lowest BCUT2D eigenvalue weighted by molar-refractivity contribution is -0.118. The summed E-state index contributed by atoms with van der Waals surface area (Å²) < 4.78 is 30.8. The number of carboxylic acids is 1. The fraction of sp³-hybridized carbons (Fsp3) is 0.411. The number of ketones is 2. The second kappa shape index (κ2) is 32.8. The Bertz CT molecular complexity index is 3890. The number of nitrogens with zero attached hydrogens (tertiary/aromatic N) is 6. The molecule has 0 radical (unpaired) electrons. The van der Waals surface area contributed by atoms with Crippen LogP contribution in [0.25, 0.3) is 10.4 Å². The lowest BCUT2D eigenvalue weighted by Gasteiger charge is -2.28. The second-order valence-electron chi connectivity index (χ2n) is 25.3. The molecule has 4 amide bonds. The summed E-state index contributed by atoms with van der Waals surface area (Å²) in [6, 6.07) is 30.7. The van der Waals surface area contributed by atoms with Crippen molar-refractivity contribution in [2.24, 2.45) is 0 Å². The van der Waals surface area contributed by atoms with Crippen LogP contribution in [0.1, 0.15) is 95.6 Å². The zero-order valence-electron chi connectivity index (χ0n) is 55.5. The van der Waals surface area contributed by atoms with E-state index < -0.39 is 17.7 Å². The molecule has 1 aliphatic carbocycles. The Morgan fingerprint density at radius 2 is 0.938 bits per heavy atom. The molecule has 13 rings (SSSR count). The van der Waals surface area contributed by atoms with Crippen molar-refractivity contribution < 1.29 is 76.7 Å². The molecule has 7 aliphatic rings. The van der Waals surface area contributed by atoms with E-state index >= 15 is 0 Å². The van der Waals surface area contributed by atoms with Crippen LogP contribution in [-0.4, -0.2) is 211 Å². The summed E-state index contributed by atoms with van der Waals surface area (Å²) >= 11 is 1.61. The summed E-state index contributed by atoms with van der Waals surface area (Å²) in [5, 5.41) is 13.8. The number of methoxy groups -OCH3 is 2. The fourth-order valence-corrected chi connectivity index (χ4v) is 13.2. The predicted molar refractivity (Wildman–Crippen MR) is 365 cm³/mol. The number of esters is 2. The zero-order valence-corrected chi connectivity index (χ0v) is 56.3. The Morgan fingerprint density at radius 3 is 1.39 bits per heavy atom. The number of fused-ring (bicyclic) bond motifs is 4. The Labute approximate surface area is 568 Å². The monoisotopic (exact) mass is 1350 g/mol. The summed E-state index contributed by atoms with van der Waals surface area (Å²) in [6.07, 6.45) is 1.40. The number of carbonyl (C=O) groups excluding carboxylic acids is 8. The molecule has 7 heterocycles. The molecule has 1 aromatic heterocycles. The van der Waals surface area contributed by atoms with Gasteiger partial charge in [0.05, 0.1) is 89.8 Å². The van der Waals surface area contributed by atoms with Gasteiger partial charge in [-0.3, -0.25) is 44.0 Å². The quantitative estimate of drug-likeness (QED) is 0.0500. The molecule has 0 saturated carbocycles. The first-order chi connectivity index (χ1) is 46.7. The number of anilines is 4. The summed E-state index contributed by atoms with van der Waals surface area (Å²) in [5.41, 5.74) is 10.5. The van der Waals surface area contributed by atoms with Crippen LogP contribution >= 0.6 is 11.3 Å². The van der Waals surface area contributed by atoms with Crippen molar-refractivity contribution in [2.45, 2.75) is 64.9 Å². The van der Waals surface area contributed by atoms with Gasteiger partial charge in [0.25, 0.3) is 0 Å². The highest BCUT2D eigenvalue weighted by molar-refractivity contribution is 7.13. The van der Waals surface area contributed by atoms with Gasteiger partial charge in [-0.25, -0.2) is 19.2 Å². The maximum absolute atomic E-state index is 13.5. The van der Waals surface area contributed by atoms with Crippen molar-refractivity contribution in [3.8, 4) is 10.4 Å². The molecule has 3 fully saturated rings. The van der Waals surface area contributed by atoms with Gasteiger partial charge in [0.1, 0.15) is 11.4 Å². The van der Waals surface area contributed by atoms with Crippen LogP contribution in [0.3, 0.4) is 0 Å². The van der Waals surface area contributed by atoms with Crippen molar-refractivity contribution in [3.63, 3.8) is 0 Å². The third kappa shape index (κ3) is 18.8. The zero-order chi connectivity index (χ0) is 68.8. The predicted octanol–water partition coefficient (Wildman–Crippen LogP) is 7.85. The number of benzene rings is 5. The molecule has 24 heteroatoms. The van der Waals surface area contributed by atoms with Gasteiger partial charge >= 0.3 is 24.0 Å². The van der Waals surface area contributed by atoms with Gasteiger partial charge in [0.15, 0.2) is 5.78 Å². The van der Waals surface area contributed by atoms with E-state index in [-0.39, 0.29) is 53.2 Å². The van der Waals surface area contributed by atoms with Crippen LogP contribution in [0.4, 0.5) is 27.5 Å². The van der Waals surface area contributed by atoms with Gasteiger partial charge in [-0.2, -0.15) is 0 Å². The molecule has 0 atom stereocenters. The van der Waals surface area contributed by atoms with Gasteiger partial charge in [-0.1, -0.05) is 18.2 Å². The Kier molecular flexibility index (Phi) is 24.0. The van der Waals surface area contributed by atoms with Crippen LogP contribution in [0.2, 0.25) is 0 Å². The SMILES string of the molecule is CC(C)(C)OC(=O)Nc1ccc(-c2cccs2)cc1CC(=O)c1ccc2c(c1)CC(=O)N2CCN1CCOCC1.COC(=O)c1ccc2c(c1)CC(=O)C2.COC(=O)c1ccc2c(c1)CC(=O)N2CCN1CCOCC1.O=C(O)c1ccc2c(c1)CC(=O)N2CCN1CCOCC1. The Morgan fingerprint density at radius 1 is 0.505 bits per heavy atom. The van der Waals surface area contributed by atoms with Crippen LogP contribution < -0.4 is 20.0 Å². The topological polar surface area (TPSA) is 261 Å². The van der Waals surface area contributed by atoms with E-state index in [1.165, 1.54) is 14.2 Å². The van der Waals surface area contributed by atoms with Crippen LogP contribution in [-0.2, 0) is 86.1 Å². The number of amides is 4. The summed E-state index contributed by atoms with van der Waals surface area (Å²) in [4.78, 5) is 121. The number of carbonyl (C=O) groups is 9. The van der Waals surface area contributed by atoms with E-state index in [2.05, 4.69) is 24.8 Å². The minimum atomic E-state index is -0.961. The van der Waals surface area contributed by atoms with Gasteiger partial charge in [0, 0.05) is 131 Å². The molecule has 5 aromatic carbocycles. The van der Waals surface area contributed by atoms with Crippen molar-refractivity contribution >= 4 is 87.4 Å². The molecule has 97 heavy (non-hydrogen) atoms. The van der Waals surface area contributed by atoms with E-state index in [4.69, 9.17) is 28.8 Å². The number of ether oxygens (including phenoxy) is 6. The van der Waals surface area contributed by atoms with Gasteiger partial charge in [-0.15, -0.1) is 11.3 Å². The Balaban J connectivity index is 0.000000152. The number of thiophene rings is 1. The minimum absolute atomic E-state index is 0.0424. The van der Waals surface area contributed by atoms with Crippen molar-refractivity contribution in [1.82, 2.24) is 14.7 Å². The van der Waals surface area contributed by atoms with Crippen LogP contribution in [0, 0.1) is 0 Å². The van der Waals surface area contributed by atoms with Crippen LogP contribution in [0.15, 0.2) is 109 Å². The summed E-state index contributed by atoms with van der Waals surface area (Å²) in [5.74, 6) is -1.38. The standard InChI is InChI=1S/C31H35N3O5S.C16H20N2O4.C15H18N2O4.C11H10O3/c1-31(2,3)39-30(37)32-25-8-6-22(28-5-4-16-40-28)18-23(25)19-27(35)21-7-9-26-24(17-21)20-29(36)34(26)11-10-33-12-14-38-15-13-33;1-21-16(20)12-2-3-14-13(10-12)11-15(19)18(14)5-4-17-6-8-22-9-7-17;18-14-10-12-9-11(15(19)20)1-2-13(12)17(14)4-3-16-5-7-21-8-6-16;1-14-11(13)8-3-2-7-5-10(12)6-9(7)4-8/h4-9,16-18H,10-15,19-20H2,1-3H3,(H,32,37);2-3,10H,4-9,11H2,1H3;1-2,9H,3-8,10H2,(H,19,20);2-4H,5-6H2,1H3. The van der Waals surface area contributed by atoms with Gasteiger partial charge < -0.3 is 48.2 Å². The number of morpholine rings is 3. The highest BCUT2D eigenvalue weighted by atomic mass is 32.1. The lowest BCUT2D eigenvalue weighted by Crippen LogP contribution is -2.42. The molecule has 3 saturated heterocycles. The number of Topliss-reactive ketones (excluding diaryl/α,β-unsaturated/α-hetero) is 2. The van der Waals surface area contributed by atoms with E-state index in [0.29, 0.717) is 79.7 Å². The molecule has 0 spiro atoms. The van der Waals surface area contributed by atoms with E-state index in [0.717, 1.165) is 154 Å². The average molecular weight is 1350 g/mol. The largest absolute Gasteiger partial charge is 0.478 e. The first-order valence-electron chi connectivity index (χ1n) is 32.6. The van der Waals surface area contributed by atoms with Crippen molar-refractivity contribution in [2.75, 3.05) is 152 Å². The summed E-state index contributed by atoms with van der Waals surface area (Å²) in [6.45, 7) is 19.6. The molecule has 2 N–H and O–H groups in total. The number of carboxylic acid groups (broad SMARTS) is 1. The highest BCUT2D eigenvalue weighted by Crippen LogP contribution is 2.35. The molecule has 0 bridgehead atoms. The molecular weight excluding hydrogens is 1260 g/mol. The Hall–Kier alpha value is -9.01. The van der Waals surface area contributed by atoms with E-state index in [1.54, 1.807) is 85.5 Å². The maximum Gasteiger partial charge on any atom is 0.412 e. The number of hydrogen-bond donors (Lipinski definition) is 2. The third-order valence-electron chi connectivity index (χ3n) is 17.6. The number of hydrogen-bond acceptors (Lipinski definition) is 19. The molecule has 6 aliphatic heterocycles. The van der Waals surface area contributed by atoms with E-state index in [9.17, 15) is 43.2 Å². The molecule has 6 aromatic rings. The molecule has 23 nitrogen and oxygen atoms in total. The molecule has 512 valence electrons. The first-order valence-corrected chi connectivity index (χ1v) is 33.5. The number of nitrogens with one attached hydrogen (secondary N) is 1. The number of rotatable bonds is 17. The maximum atomic E-state index is 13.5. The van der Waals surface area contributed by atoms with Crippen molar-refractivity contribution in [1.29, 1.82) is 0 Å². The first kappa shape index (κ1) is 70.8. The average Bonchev–Trinajstić information content (AvgIpc) is 1.70. The van der Waals surface area contributed by atoms with Crippen LogP contribution in [0.5, 0.6) is 0 Å². The van der Waals surface area contributed by atoms with Crippen molar-refractivity contribution in [3.05, 3.63) is 164 Å². The fourth-order valence-electron chi connectivity index (χ4n) is 12.5. The van der Waals surface area contributed by atoms with Gasteiger partial charge in [-0.05, 0) is 150 Å². The normalized spacial score (nSPS) is 16.7. The second-order valence-corrected chi connectivity index (χ2v) is 26.2. The number of aromatic carboxylic acids is 1. The summed E-state index contributed by atoms with van der Waals surface area (Å²) in [7, 11) is 2.70. The smallest absolute Gasteiger partial charge is 0.412 e. The highest BCUT2D eigenvalue weighted by Gasteiger charge is 2.32. The molecular formula is C73H83N7O16S. The van der Waals surface area contributed by atoms with E-state index in [1.807, 2.05) is 69.8 Å². The third-order valence-corrected chi connectivity index (χ3v) is 18.5. The molecule has 0 unspecified atom stereocenters. The minimum Gasteiger partial charge on any atom is -0.478 e. The van der Waals surface area contributed by atoms with Gasteiger partial charge in [0.2, 0.25) is 17.7 Å².